The maximum atomic E-state index is 13.1. The zero-order valence-corrected chi connectivity index (χ0v) is 14.3. The van der Waals surface area contributed by atoms with Crippen molar-refractivity contribution in [1.29, 1.82) is 0 Å². The number of hydrogen-bond donors (Lipinski definition) is 2. The number of aromatic nitrogens is 2. The van der Waals surface area contributed by atoms with Crippen LogP contribution in [-0.4, -0.2) is 34.8 Å². The van der Waals surface area contributed by atoms with Crippen molar-refractivity contribution in [2.45, 2.75) is 69.9 Å². The molecular formula is C18H30N4O. The van der Waals surface area contributed by atoms with Crippen LogP contribution in [0.4, 0.5) is 0 Å². The molecule has 1 aliphatic heterocycles. The van der Waals surface area contributed by atoms with Gasteiger partial charge in [0.15, 0.2) is 0 Å². The van der Waals surface area contributed by atoms with E-state index in [1.807, 2.05) is 16.9 Å². The molecule has 5 heteroatoms. The molecule has 0 atom stereocenters. The zero-order valence-electron chi connectivity index (χ0n) is 14.3. The number of carbonyl (C=O) groups excluding carboxylic acids is 1. The van der Waals surface area contributed by atoms with E-state index < -0.39 is 5.54 Å². The number of piperidine rings is 1. The summed E-state index contributed by atoms with van der Waals surface area (Å²) < 4.78 is 1.88. The monoisotopic (exact) mass is 318 g/mol. The molecule has 1 saturated heterocycles. The minimum absolute atomic E-state index is 0.168. The SMILES string of the molecule is CCCC1CCC(NC(=O)C2(n3cccn3)CCNCC2)CC1. The summed E-state index contributed by atoms with van der Waals surface area (Å²) in [5.74, 6) is 1.04. The normalized spacial score (nSPS) is 27.5. The molecule has 23 heavy (non-hydrogen) atoms. The Bertz CT molecular complexity index is 485. The highest BCUT2D eigenvalue weighted by atomic mass is 16.2. The fourth-order valence-corrected chi connectivity index (χ4v) is 4.25. The predicted molar refractivity (Wildman–Crippen MR) is 91.1 cm³/mol. The molecule has 0 bridgehead atoms. The van der Waals surface area contributed by atoms with Crippen LogP contribution in [0.3, 0.4) is 0 Å². The highest BCUT2D eigenvalue weighted by Crippen LogP contribution is 2.30. The fourth-order valence-electron chi connectivity index (χ4n) is 4.25. The summed E-state index contributed by atoms with van der Waals surface area (Å²) in [7, 11) is 0. The first kappa shape index (κ1) is 16.5. The first-order valence-corrected chi connectivity index (χ1v) is 9.26. The molecule has 128 valence electrons. The quantitative estimate of drug-likeness (QED) is 0.876. The van der Waals surface area contributed by atoms with Gasteiger partial charge in [0.2, 0.25) is 5.91 Å². The molecule has 1 aromatic rings. The first-order valence-electron chi connectivity index (χ1n) is 9.26. The lowest BCUT2D eigenvalue weighted by Gasteiger charge is -2.38. The lowest BCUT2D eigenvalue weighted by atomic mass is 9.82. The van der Waals surface area contributed by atoms with Crippen LogP contribution in [0.15, 0.2) is 18.5 Å². The second-order valence-corrected chi connectivity index (χ2v) is 7.21. The molecule has 3 rings (SSSR count). The molecule has 2 aliphatic rings. The molecular weight excluding hydrogens is 288 g/mol. The average Bonchev–Trinajstić information content (AvgIpc) is 3.12. The lowest BCUT2D eigenvalue weighted by molar-refractivity contribution is -0.133. The van der Waals surface area contributed by atoms with E-state index in [1.54, 1.807) is 6.20 Å². The third-order valence-electron chi connectivity index (χ3n) is 5.68. The third-order valence-corrected chi connectivity index (χ3v) is 5.68. The Morgan fingerprint density at radius 1 is 1.30 bits per heavy atom. The molecule has 0 aromatic carbocycles. The van der Waals surface area contributed by atoms with Crippen LogP contribution in [0, 0.1) is 5.92 Å². The van der Waals surface area contributed by atoms with Crippen LogP contribution < -0.4 is 10.6 Å². The van der Waals surface area contributed by atoms with E-state index >= 15 is 0 Å². The van der Waals surface area contributed by atoms with Crippen molar-refractivity contribution in [2.24, 2.45) is 5.92 Å². The van der Waals surface area contributed by atoms with Crippen molar-refractivity contribution in [2.75, 3.05) is 13.1 Å². The van der Waals surface area contributed by atoms with Crippen molar-refractivity contribution in [3.05, 3.63) is 18.5 Å². The predicted octanol–water partition coefficient (Wildman–Crippen LogP) is 2.44. The van der Waals surface area contributed by atoms with Crippen LogP contribution in [0.2, 0.25) is 0 Å². The second-order valence-electron chi connectivity index (χ2n) is 7.21. The smallest absolute Gasteiger partial charge is 0.248 e. The first-order chi connectivity index (χ1) is 11.2. The Kier molecular flexibility index (Phi) is 5.36. The molecule has 0 spiro atoms. The van der Waals surface area contributed by atoms with E-state index in [4.69, 9.17) is 0 Å². The van der Waals surface area contributed by atoms with Gasteiger partial charge in [-0.25, -0.2) is 0 Å². The largest absolute Gasteiger partial charge is 0.351 e. The molecule has 1 aliphatic carbocycles. The van der Waals surface area contributed by atoms with Crippen LogP contribution in [0.25, 0.3) is 0 Å². The molecule has 0 radical (unpaired) electrons. The Morgan fingerprint density at radius 3 is 2.65 bits per heavy atom. The van der Waals surface area contributed by atoms with Crippen LogP contribution in [-0.2, 0) is 10.3 Å². The summed E-state index contributed by atoms with van der Waals surface area (Å²) in [6, 6.07) is 2.26. The molecule has 1 saturated carbocycles. The van der Waals surface area contributed by atoms with Gasteiger partial charge < -0.3 is 10.6 Å². The minimum Gasteiger partial charge on any atom is -0.351 e. The summed E-state index contributed by atoms with van der Waals surface area (Å²) in [5, 5.41) is 11.1. The van der Waals surface area contributed by atoms with Gasteiger partial charge in [-0.2, -0.15) is 5.10 Å². The third kappa shape index (κ3) is 3.60. The van der Waals surface area contributed by atoms with Crippen molar-refractivity contribution in [3.63, 3.8) is 0 Å². The van der Waals surface area contributed by atoms with Crippen LogP contribution in [0.1, 0.15) is 58.3 Å². The molecule has 5 nitrogen and oxygen atoms in total. The van der Waals surface area contributed by atoms with Gasteiger partial charge >= 0.3 is 0 Å². The highest BCUT2D eigenvalue weighted by Gasteiger charge is 2.42. The maximum Gasteiger partial charge on any atom is 0.248 e. The molecule has 1 amide bonds. The number of hydrogen-bond acceptors (Lipinski definition) is 3. The number of nitrogens with one attached hydrogen (secondary N) is 2. The molecule has 2 N–H and O–H groups in total. The number of rotatable bonds is 5. The summed E-state index contributed by atoms with van der Waals surface area (Å²) in [5.41, 5.74) is -0.505. The van der Waals surface area contributed by atoms with Gasteiger partial charge in [0.1, 0.15) is 5.54 Å². The molecule has 1 aromatic heterocycles. The van der Waals surface area contributed by atoms with Gasteiger partial charge in [-0.1, -0.05) is 19.8 Å². The van der Waals surface area contributed by atoms with Gasteiger partial charge in [-0.15, -0.1) is 0 Å². The van der Waals surface area contributed by atoms with Crippen LogP contribution >= 0.6 is 0 Å². The van der Waals surface area contributed by atoms with Gasteiger partial charge in [0, 0.05) is 18.4 Å². The maximum absolute atomic E-state index is 13.1. The van der Waals surface area contributed by atoms with E-state index in [0.29, 0.717) is 6.04 Å². The average molecular weight is 318 g/mol. The molecule has 0 unspecified atom stereocenters. The second kappa shape index (κ2) is 7.47. The van der Waals surface area contributed by atoms with Gasteiger partial charge in [-0.3, -0.25) is 9.48 Å². The van der Waals surface area contributed by atoms with E-state index in [-0.39, 0.29) is 5.91 Å². The summed E-state index contributed by atoms with van der Waals surface area (Å²) in [4.78, 5) is 13.1. The summed E-state index contributed by atoms with van der Waals surface area (Å²) >= 11 is 0. The van der Waals surface area contributed by atoms with Gasteiger partial charge in [0.05, 0.1) is 0 Å². The van der Waals surface area contributed by atoms with Crippen molar-refractivity contribution in [3.8, 4) is 0 Å². The van der Waals surface area contributed by atoms with Gasteiger partial charge in [0.25, 0.3) is 0 Å². The van der Waals surface area contributed by atoms with E-state index in [2.05, 4.69) is 22.7 Å². The summed E-state index contributed by atoms with van der Waals surface area (Å²) in [6.45, 7) is 4.01. The highest BCUT2D eigenvalue weighted by molar-refractivity contribution is 5.84. The van der Waals surface area contributed by atoms with E-state index in [1.165, 1.54) is 25.7 Å². The number of carbonyl (C=O) groups is 1. The summed E-state index contributed by atoms with van der Waals surface area (Å²) in [6.07, 6.45) is 12.7. The lowest BCUT2D eigenvalue weighted by Crippen LogP contribution is -2.56. The Morgan fingerprint density at radius 2 is 2.04 bits per heavy atom. The standard InChI is InChI=1S/C18H30N4O/c1-2-4-15-5-7-16(8-6-15)21-17(23)18(9-12-19-13-10-18)22-14-3-11-20-22/h3,11,14-16,19H,2,4-10,12-13H2,1H3,(H,21,23). The minimum atomic E-state index is -0.505. The van der Waals surface area contributed by atoms with Crippen molar-refractivity contribution in [1.82, 2.24) is 20.4 Å². The molecule has 2 fully saturated rings. The Labute approximate surface area is 139 Å². The van der Waals surface area contributed by atoms with Gasteiger partial charge in [-0.05, 0) is 63.6 Å². The van der Waals surface area contributed by atoms with Crippen molar-refractivity contribution >= 4 is 5.91 Å². The van der Waals surface area contributed by atoms with E-state index in [0.717, 1.165) is 44.7 Å². The van der Waals surface area contributed by atoms with E-state index in [9.17, 15) is 4.79 Å². The van der Waals surface area contributed by atoms with Crippen molar-refractivity contribution < 1.29 is 4.79 Å². The number of amides is 1. The Hall–Kier alpha value is -1.36. The van der Waals surface area contributed by atoms with Crippen LogP contribution in [0.5, 0.6) is 0 Å². The topological polar surface area (TPSA) is 59.0 Å². The zero-order chi connectivity index (χ0) is 16.1. The molecule has 2 heterocycles. The fraction of sp³-hybridized carbons (Fsp3) is 0.778. The number of nitrogens with zero attached hydrogens (tertiary/aromatic N) is 2. The Balaban J connectivity index is 1.63.